The smallest absolute Gasteiger partial charge is 0.254 e. The molecule has 118 valence electrons. The van der Waals surface area contributed by atoms with Gasteiger partial charge in [-0.25, -0.2) is 4.98 Å². The Hall–Kier alpha value is -2.21. The van der Waals surface area contributed by atoms with E-state index in [1.165, 1.54) is 4.70 Å². The number of nitrogens with one attached hydrogen (secondary N) is 1. The van der Waals surface area contributed by atoms with Gasteiger partial charge in [-0.05, 0) is 25.0 Å². The SMILES string of the molecule is C[C@@H](CNC(=O)c1cnn2c1CCC2)c1nc2ccccc2s1. The average Bonchev–Trinajstić information content (AvgIpc) is 3.25. The number of aromatic nitrogens is 3. The molecule has 1 aliphatic rings. The summed E-state index contributed by atoms with van der Waals surface area (Å²) >= 11 is 1.70. The van der Waals surface area contributed by atoms with Crippen LogP contribution in [0.25, 0.3) is 10.2 Å². The van der Waals surface area contributed by atoms with Gasteiger partial charge in [0.1, 0.15) is 0 Å². The zero-order chi connectivity index (χ0) is 15.8. The van der Waals surface area contributed by atoms with E-state index >= 15 is 0 Å². The molecule has 0 bridgehead atoms. The van der Waals surface area contributed by atoms with E-state index in [1.807, 2.05) is 22.9 Å². The molecule has 23 heavy (non-hydrogen) atoms. The Kier molecular flexibility index (Phi) is 3.61. The Morgan fingerprint density at radius 3 is 3.17 bits per heavy atom. The predicted octanol–water partition coefficient (Wildman–Crippen LogP) is 2.97. The lowest BCUT2D eigenvalue weighted by Gasteiger charge is -2.09. The van der Waals surface area contributed by atoms with Gasteiger partial charge in [-0.15, -0.1) is 11.3 Å². The van der Waals surface area contributed by atoms with E-state index in [1.54, 1.807) is 17.5 Å². The zero-order valence-corrected chi connectivity index (χ0v) is 13.8. The first-order valence-corrected chi connectivity index (χ1v) is 8.72. The lowest BCUT2D eigenvalue weighted by molar-refractivity contribution is 0.0951. The van der Waals surface area contributed by atoms with Gasteiger partial charge in [0.2, 0.25) is 0 Å². The second-order valence-electron chi connectivity index (χ2n) is 5.96. The van der Waals surface area contributed by atoms with Gasteiger partial charge in [0, 0.05) is 19.0 Å². The van der Waals surface area contributed by atoms with Crippen LogP contribution < -0.4 is 5.32 Å². The van der Waals surface area contributed by atoms with E-state index in [0.29, 0.717) is 6.54 Å². The summed E-state index contributed by atoms with van der Waals surface area (Å²) in [6.45, 7) is 3.61. The number of benzene rings is 1. The topological polar surface area (TPSA) is 59.8 Å². The highest BCUT2D eigenvalue weighted by Gasteiger charge is 2.21. The zero-order valence-electron chi connectivity index (χ0n) is 13.0. The quantitative estimate of drug-likeness (QED) is 0.802. The molecule has 0 aliphatic carbocycles. The van der Waals surface area contributed by atoms with Crippen LogP contribution in [0.3, 0.4) is 0 Å². The van der Waals surface area contributed by atoms with Crippen LogP contribution >= 0.6 is 11.3 Å². The van der Waals surface area contributed by atoms with Crippen molar-refractivity contribution in [1.82, 2.24) is 20.1 Å². The molecule has 0 unspecified atom stereocenters. The normalized spacial score (nSPS) is 14.8. The minimum Gasteiger partial charge on any atom is -0.351 e. The largest absolute Gasteiger partial charge is 0.351 e. The van der Waals surface area contributed by atoms with E-state index in [4.69, 9.17) is 0 Å². The maximum absolute atomic E-state index is 12.4. The number of aryl methyl sites for hydroxylation is 1. The van der Waals surface area contributed by atoms with Crippen LogP contribution in [0, 0.1) is 0 Å². The number of carbonyl (C=O) groups is 1. The summed E-state index contributed by atoms with van der Waals surface area (Å²) in [6, 6.07) is 8.13. The van der Waals surface area contributed by atoms with E-state index in [2.05, 4.69) is 28.4 Å². The lowest BCUT2D eigenvalue weighted by atomic mass is 10.1. The molecular weight excluding hydrogens is 308 g/mol. The van der Waals surface area contributed by atoms with Crippen LogP contribution in [0.5, 0.6) is 0 Å². The van der Waals surface area contributed by atoms with Gasteiger partial charge in [0.05, 0.1) is 32.7 Å². The summed E-state index contributed by atoms with van der Waals surface area (Å²) in [5, 5.41) is 8.37. The first-order valence-electron chi connectivity index (χ1n) is 7.91. The van der Waals surface area contributed by atoms with Crippen molar-refractivity contribution in [1.29, 1.82) is 0 Å². The van der Waals surface area contributed by atoms with Gasteiger partial charge in [-0.1, -0.05) is 19.1 Å². The van der Waals surface area contributed by atoms with Crippen LogP contribution in [0.1, 0.15) is 40.3 Å². The Labute approximate surface area is 138 Å². The fraction of sp³-hybridized carbons (Fsp3) is 0.353. The predicted molar refractivity (Wildman–Crippen MR) is 90.9 cm³/mol. The summed E-state index contributed by atoms with van der Waals surface area (Å²) in [5.41, 5.74) is 2.81. The first kappa shape index (κ1) is 14.4. The number of para-hydroxylation sites is 1. The lowest BCUT2D eigenvalue weighted by Crippen LogP contribution is -2.28. The Balaban J connectivity index is 1.44. The average molecular weight is 326 g/mol. The summed E-state index contributed by atoms with van der Waals surface area (Å²) in [4.78, 5) is 17.1. The number of amides is 1. The third-order valence-electron chi connectivity index (χ3n) is 4.28. The molecule has 1 amide bonds. The number of nitrogens with zero attached hydrogens (tertiary/aromatic N) is 3. The molecule has 0 saturated heterocycles. The molecule has 0 spiro atoms. The number of hydrogen-bond donors (Lipinski definition) is 1. The highest BCUT2D eigenvalue weighted by atomic mass is 32.1. The summed E-state index contributed by atoms with van der Waals surface area (Å²) < 4.78 is 3.13. The number of carbonyl (C=O) groups excluding carboxylic acids is 1. The van der Waals surface area contributed by atoms with Crippen molar-refractivity contribution >= 4 is 27.5 Å². The van der Waals surface area contributed by atoms with Gasteiger partial charge in [-0.3, -0.25) is 9.48 Å². The Morgan fingerprint density at radius 2 is 2.30 bits per heavy atom. The highest BCUT2D eigenvalue weighted by molar-refractivity contribution is 7.18. The van der Waals surface area contributed by atoms with Crippen molar-refractivity contribution in [2.75, 3.05) is 6.54 Å². The van der Waals surface area contributed by atoms with Gasteiger partial charge >= 0.3 is 0 Å². The molecule has 2 aromatic heterocycles. The van der Waals surface area contributed by atoms with E-state index < -0.39 is 0 Å². The molecule has 3 heterocycles. The molecule has 3 aromatic rings. The van der Waals surface area contributed by atoms with Crippen LogP contribution in [-0.4, -0.2) is 27.2 Å². The first-order chi connectivity index (χ1) is 11.2. The maximum atomic E-state index is 12.4. The molecule has 5 nitrogen and oxygen atoms in total. The summed E-state index contributed by atoms with van der Waals surface area (Å²) in [7, 11) is 0. The van der Waals surface area contributed by atoms with Crippen molar-refractivity contribution in [3.63, 3.8) is 0 Å². The third-order valence-corrected chi connectivity index (χ3v) is 5.55. The van der Waals surface area contributed by atoms with Crippen molar-refractivity contribution in [3.8, 4) is 0 Å². The van der Waals surface area contributed by atoms with E-state index in [9.17, 15) is 4.79 Å². The van der Waals surface area contributed by atoms with Crippen molar-refractivity contribution < 1.29 is 4.79 Å². The van der Waals surface area contributed by atoms with Gasteiger partial charge in [0.15, 0.2) is 0 Å². The van der Waals surface area contributed by atoms with Gasteiger partial charge in [-0.2, -0.15) is 5.10 Å². The fourth-order valence-corrected chi connectivity index (χ4v) is 4.00. The second-order valence-corrected chi connectivity index (χ2v) is 7.02. The minimum atomic E-state index is -0.0267. The van der Waals surface area contributed by atoms with Crippen LogP contribution in [0.2, 0.25) is 0 Å². The number of fused-ring (bicyclic) bond motifs is 2. The van der Waals surface area contributed by atoms with Crippen molar-refractivity contribution in [3.05, 3.63) is 46.7 Å². The molecule has 1 atom stereocenters. The molecule has 1 N–H and O–H groups in total. The number of rotatable bonds is 4. The second kappa shape index (κ2) is 5.77. The van der Waals surface area contributed by atoms with Gasteiger partial charge < -0.3 is 5.32 Å². The number of hydrogen-bond acceptors (Lipinski definition) is 4. The summed E-state index contributed by atoms with van der Waals surface area (Å²) in [5.74, 6) is 0.168. The Morgan fingerprint density at radius 1 is 1.43 bits per heavy atom. The molecule has 6 heteroatoms. The molecule has 1 aliphatic heterocycles. The Bertz CT molecular complexity index is 833. The maximum Gasteiger partial charge on any atom is 0.254 e. The molecule has 0 saturated carbocycles. The fourth-order valence-electron chi connectivity index (χ4n) is 2.98. The van der Waals surface area contributed by atoms with E-state index in [0.717, 1.165) is 41.2 Å². The molecule has 0 fully saturated rings. The highest BCUT2D eigenvalue weighted by Crippen LogP contribution is 2.27. The minimum absolute atomic E-state index is 0.0267. The summed E-state index contributed by atoms with van der Waals surface area (Å²) in [6.07, 6.45) is 3.70. The van der Waals surface area contributed by atoms with Gasteiger partial charge in [0.25, 0.3) is 5.91 Å². The van der Waals surface area contributed by atoms with Crippen LogP contribution in [0.4, 0.5) is 0 Å². The standard InChI is InChI=1S/C17H18N4OS/c1-11(17-20-13-5-2-3-7-15(13)23-17)9-18-16(22)12-10-19-21-8-4-6-14(12)21/h2-3,5,7,10-11H,4,6,8-9H2,1H3,(H,18,22)/t11-/m0/s1. The van der Waals surface area contributed by atoms with Crippen LogP contribution in [-0.2, 0) is 13.0 Å². The van der Waals surface area contributed by atoms with Crippen molar-refractivity contribution in [2.24, 2.45) is 0 Å². The molecular formula is C17H18N4OS. The molecule has 4 rings (SSSR count). The van der Waals surface area contributed by atoms with E-state index in [-0.39, 0.29) is 11.8 Å². The molecule has 0 radical (unpaired) electrons. The number of thiazole rings is 1. The van der Waals surface area contributed by atoms with Crippen molar-refractivity contribution in [2.45, 2.75) is 32.2 Å². The van der Waals surface area contributed by atoms with Crippen LogP contribution in [0.15, 0.2) is 30.5 Å². The monoisotopic (exact) mass is 326 g/mol. The third kappa shape index (κ3) is 2.63. The molecule has 1 aromatic carbocycles.